The maximum absolute atomic E-state index is 11.7. The van der Waals surface area contributed by atoms with E-state index in [1.165, 1.54) is 0 Å². The standard InChI is InChI=1S/C11H18N2OS/c1-15-8-3-2-7-13-10(14)11(9-12)5-4-6-11/h2-8H2,1H3,(H,13,14). The fourth-order valence-corrected chi connectivity index (χ4v) is 2.16. The second-order valence-corrected chi connectivity index (χ2v) is 4.99. The second kappa shape index (κ2) is 6.02. The first-order valence-electron chi connectivity index (χ1n) is 5.44. The van der Waals surface area contributed by atoms with Gasteiger partial charge in [-0.15, -0.1) is 0 Å². The highest BCUT2D eigenvalue weighted by Crippen LogP contribution is 2.40. The molecule has 0 aromatic rings. The highest BCUT2D eigenvalue weighted by Gasteiger charge is 2.44. The predicted molar refractivity (Wildman–Crippen MR) is 62.5 cm³/mol. The van der Waals surface area contributed by atoms with E-state index in [-0.39, 0.29) is 5.91 Å². The van der Waals surface area contributed by atoms with Crippen molar-refractivity contribution in [2.75, 3.05) is 18.6 Å². The summed E-state index contributed by atoms with van der Waals surface area (Å²) < 4.78 is 0. The molecule has 0 aromatic heterocycles. The molecule has 1 amide bonds. The highest BCUT2D eigenvalue weighted by molar-refractivity contribution is 7.98. The van der Waals surface area contributed by atoms with Gasteiger partial charge in [0.2, 0.25) is 5.91 Å². The molecule has 0 aliphatic heterocycles. The van der Waals surface area contributed by atoms with Crippen LogP contribution >= 0.6 is 11.8 Å². The molecule has 4 heteroatoms. The van der Waals surface area contributed by atoms with Crippen LogP contribution in [-0.2, 0) is 4.79 Å². The Hall–Kier alpha value is -0.690. The Morgan fingerprint density at radius 2 is 2.27 bits per heavy atom. The van der Waals surface area contributed by atoms with Crippen LogP contribution in [0.25, 0.3) is 0 Å². The second-order valence-electron chi connectivity index (χ2n) is 4.00. The van der Waals surface area contributed by atoms with E-state index in [0.29, 0.717) is 6.54 Å². The van der Waals surface area contributed by atoms with E-state index in [1.54, 1.807) is 0 Å². The number of nitriles is 1. The maximum Gasteiger partial charge on any atom is 0.240 e. The number of hydrogen-bond acceptors (Lipinski definition) is 3. The van der Waals surface area contributed by atoms with E-state index < -0.39 is 5.41 Å². The Kier molecular flexibility index (Phi) is 4.97. The van der Waals surface area contributed by atoms with Crippen LogP contribution in [0.2, 0.25) is 0 Å². The monoisotopic (exact) mass is 226 g/mol. The summed E-state index contributed by atoms with van der Waals surface area (Å²) in [6.45, 7) is 0.711. The molecule has 0 atom stereocenters. The van der Waals surface area contributed by atoms with Crippen LogP contribution < -0.4 is 5.32 Å². The molecule has 15 heavy (non-hydrogen) atoms. The lowest BCUT2D eigenvalue weighted by Gasteiger charge is -2.33. The van der Waals surface area contributed by atoms with Crippen LogP contribution in [0.4, 0.5) is 0 Å². The van der Waals surface area contributed by atoms with Crippen molar-refractivity contribution in [3.63, 3.8) is 0 Å². The SMILES string of the molecule is CSCCCCNC(=O)C1(C#N)CCC1. The van der Waals surface area contributed by atoms with E-state index in [0.717, 1.165) is 37.9 Å². The van der Waals surface area contributed by atoms with Gasteiger partial charge in [-0.1, -0.05) is 0 Å². The van der Waals surface area contributed by atoms with Gasteiger partial charge < -0.3 is 5.32 Å². The van der Waals surface area contributed by atoms with Gasteiger partial charge in [0.05, 0.1) is 6.07 Å². The third-order valence-corrected chi connectivity index (χ3v) is 3.61. The average molecular weight is 226 g/mol. The number of thioether (sulfide) groups is 1. The van der Waals surface area contributed by atoms with Gasteiger partial charge >= 0.3 is 0 Å². The quantitative estimate of drug-likeness (QED) is 0.704. The molecule has 1 N–H and O–H groups in total. The molecule has 0 bridgehead atoms. The molecule has 1 rings (SSSR count). The molecule has 0 saturated heterocycles. The van der Waals surface area contributed by atoms with Crippen molar-refractivity contribution >= 4 is 17.7 Å². The van der Waals surface area contributed by atoms with Gasteiger partial charge in [0, 0.05) is 6.54 Å². The summed E-state index contributed by atoms with van der Waals surface area (Å²) in [5.41, 5.74) is -0.681. The van der Waals surface area contributed by atoms with E-state index in [9.17, 15) is 4.79 Å². The summed E-state index contributed by atoms with van der Waals surface area (Å²) in [7, 11) is 0. The average Bonchev–Trinajstić information content (AvgIpc) is 2.17. The summed E-state index contributed by atoms with van der Waals surface area (Å²) in [5, 5.41) is 11.8. The normalized spacial score (nSPS) is 17.6. The lowest BCUT2D eigenvalue weighted by molar-refractivity contribution is -0.131. The summed E-state index contributed by atoms with van der Waals surface area (Å²) in [6.07, 6.45) is 6.69. The van der Waals surface area contributed by atoms with E-state index in [1.807, 2.05) is 11.8 Å². The largest absolute Gasteiger partial charge is 0.355 e. The molecular formula is C11H18N2OS. The van der Waals surface area contributed by atoms with Crippen molar-refractivity contribution in [3.05, 3.63) is 0 Å². The number of hydrogen-bond donors (Lipinski definition) is 1. The van der Waals surface area contributed by atoms with Crippen molar-refractivity contribution in [1.29, 1.82) is 5.26 Å². The summed E-state index contributed by atoms with van der Waals surface area (Å²) in [6, 6.07) is 2.15. The minimum atomic E-state index is -0.681. The number of nitrogens with zero attached hydrogens (tertiary/aromatic N) is 1. The zero-order chi connectivity index (χ0) is 11.1. The predicted octanol–water partition coefficient (Wildman–Crippen LogP) is 1.94. The van der Waals surface area contributed by atoms with Gasteiger partial charge in [-0.2, -0.15) is 17.0 Å². The molecule has 3 nitrogen and oxygen atoms in total. The van der Waals surface area contributed by atoms with E-state index in [4.69, 9.17) is 5.26 Å². The first-order chi connectivity index (χ1) is 7.25. The Balaban J connectivity index is 2.16. The van der Waals surface area contributed by atoms with Gasteiger partial charge in [0.25, 0.3) is 0 Å². The number of unbranched alkanes of at least 4 members (excludes halogenated alkanes) is 1. The van der Waals surface area contributed by atoms with Crippen molar-refractivity contribution in [2.45, 2.75) is 32.1 Å². The molecule has 0 radical (unpaired) electrons. The van der Waals surface area contributed by atoms with Gasteiger partial charge in [-0.25, -0.2) is 0 Å². The van der Waals surface area contributed by atoms with Crippen molar-refractivity contribution in [3.8, 4) is 6.07 Å². The third-order valence-electron chi connectivity index (χ3n) is 2.92. The minimum absolute atomic E-state index is 0.0552. The Bertz CT molecular complexity index is 256. The number of carbonyl (C=O) groups excluding carboxylic acids is 1. The fourth-order valence-electron chi connectivity index (χ4n) is 1.66. The third kappa shape index (κ3) is 3.13. The summed E-state index contributed by atoms with van der Waals surface area (Å²) in [5.74, 6) is 1.08. The van der Waals surface area contributed by atoms with Gasteiger partial charge in [0.1, 0.15) is 5.41 Å². The maximum atomic E-state index is 11.7. The number of rotatable bonds is 6. The van der Waals surface area contributed by atoms with Crippen molar-refractivity contribution in [2.24, 2.45) is 5.41 Å². The number of amides is 1. The number of nitrogens with one attached hydrogen (secondary N) is 1. The van der Waals surface area contributed by atoms with Crippen LogP contribution in [0.1, 0.15) is 32.1 Å². The van der Waals surface area contributed by atoms with Crippen LogP contribution in [0, 0.1) is 16.7 Å². The molecule has 0 unspecified atom stereocenters. The topological polar surface area (TPSA) is 52.9 Å². The van der Waals surface area contributed by atoms with Gasteiger partial charge in [0.15, 0.2) is 0 Å². The summed E-state index contributed by atoms with van der Waals surface area (Å²) in [4.78, 5) is 11.7. The molecule has 1 fully saturated rings. The van der Waals surface area contributed by atoms with Crippen molar-refractivity contribution in [1.82, 2.24) is 5.32 Å². The fraction of sp³-hybridized carbons (Fsp3) is 0.818. The van der Waals surface area contributed by atoms with E-state index in [2.05, 4.69) is 17.6 Å². The molecule has 1 aliphatic rings. The zero-order valence-corrected chi connectivity index (χ0v) is 10.0. The highest BCUT2D eigenvalue weighted by atomic mass is 32.2. The van der Waals surface area contributed by atoms with Crippen LogP contribution in [0.15, 0.2) is 0 Å². The number of carbonyl (C=O) groups is 1. The Morgan fingerprint density at radius 1 is 1.53 bits per heavy atom. The molecule has 1 saturated carbocycles. The molecular weight excluding hydrogens is 208 g/mol. The lowest BCUT2D eigenvalue weighted by atomic mass is 9.69. The van der Waals surface area contributed by atoms with Crippen LogP contribution in [0.3, 0.4) is 0 Å². The molecule has 1 aliphatic carbocycles. The Morgan fingerprint density at radius 3 is 2.73 bits per heavy atom. The Labute approximate surface area is 95.6 Å². The minimum Gasteiger partial charge on any atom is -0.355 e. The molecule has 0 heterocycles. The first kappa shape index (κ1) is 12.4. The van der Waals surface area contributed by atoms with Gasteiger partial charge in [-0.05, 0) is 44.1 Å². The first-order valence-corrected chi connectivity index (χ1v) is 6.83. The molecule has 84 valence electrons. The molecule has 0 spiro atoms. The molecule has 0 aromatic carbocycles. The van der Waals surface area contributed by atoms with Crippen LogP contribution in [-0.4, -0.2) is 24.5 Å². The zero-order valence-electron chi connectivity index (χ0n) is 9.21. The lowest BCUT2D eigenvalue weighted by Crippen LogP contribution is -2.44. The summed E-state index contributed by atoms with van der Waals surface area (Å²) >= 11 is 1.82. The van der Waals surface area contributed by atoms with Crippen LogP contribution in [0.5, 0.6) is 0 Å². The smallest absolute Gasteiger partial charge is 0.240 e. The van der Waals surface area contributed by atoms with Crippen molar-refractivity contribution < 1.29 is 4.79 Å². The van der Waals surface area contributed by atoms with E-state index >= 15 is 0 Å². The van der Waals surface area contributed by atoms with Gasteiger partial charge in [-0.3, -0.25) is 4.79 Å².